The van der Waals surface area contributed by atoms with E-state index in [1.807, 2.05) is 0 Å². The zero-order chi connectivity index (χ0) is 19.9. The molecule has 2 heterocycles. The third-order valence-corrected chi connectivity index (χ3v) is 3.81. The number of benzene rings is 1. The number of carboxylic acid groups (broad SMARTS) is 1. The van der Waals surface area contributed by atoms with Crippen molar-refractivity contribution in [1.82, 2.24) is 24.5 Å². The Morgan fingerprint density at radius 3 is 3.00 bits per heavy atom. The number of rotatable bonds is 7. The van der Waals surface area contributed by atoms with Gasteiger partial charge in [0, 0.05) is 24.4 Å². The monoisotopic (exact) mass is 380 g/mol. The van der Waals surface area contributed by atoms with Crippen molar-refractivity contribution in [3.8, 4) is 5.69 Å². The molecule has 1 amide bonds. The lowest BCUT2D eigenvalue weighted by atomic mass is 10.1. The first-order valence-electron chi connectivity index (χ1n) is 8.27. The van der Waals surface area contributed by atoms with Gasteiger partial charge in [0.2, 0.25) is 10.3 Å². The summed E-state index contributed by atoms with van der Waals surface area (Å²) in [4.78, 5) is 25.8. The van der Waals surface area contributed by atoms with Crippen LogP contribution in [0.25, 0.3) is 5.69 Å². The molecule has 11 nitrogen and oxygen atoms in total. The molecule has 3 aromatic rings. The van der Waals surface area contributed by atoms with Gasteiger partial charge in [0.1, 0.15) is 34.7 Å². The highest BCUT2D eigenvalue weighted by Gasteiger charge is 2.08. The Balaban J connectivity index is 1.81. The molecule has 2 aromatic heterocycles. The van der Waals surface area contributed by atoms with Crippen molar-refractivity contribution in [2.45, 2.75) is 13.0 Å². The van der Waals surface area contributed by atoms with Crippen LogP contribution in [0.4, 0.5) is 10.5 Å². The summed E-state index contributed by atoms with van der Waals surface area (Å²) in [6.07, 6.45) is 3.72. The molecule has 0 saturated carbocycles. The molecule has 0 aliphatic rings. The van der Waals surface area contributed by atoms with Crippen LogP contribution < -0.4 is 20.8 Å². The molecule has 0 radical (unpaired) electrons. The number of aromatic nitrogens is 4. The van der Waals surface area contributed by atoms with Crippen molar-refractivity contribution in [2.75, 3.05) is 11.9 Å². The second-order valence-corrected chi connectivity index (χ2v) is 5.79. The molecule has 0 spiro atoms. The van der Waals surface area contributed by atoms with E-state index >= 15 is 0 Å². The van der Waals surface area contributed by atoms with Crippen LogP contribution in [-0.2, 0) is 13.0 Å². The van der Waals surface area contributed by atoms with Crippen LogP contribution in [0.15, 0.2) is 58.8 Å². The van der Waals surface area contributed by atoms with Gasteiger partial charge in [-0.3, -0.25) is 9.48 Å². The van der Waals surface area contributed by atoms with Gasteiger partial charge in [0.15, 0.2) is 0 Å². The van der Waals surface area contributed by atoms with Crippen molar-refractivity contribution in [3.05, 3.63) is 70.4 Å². The minimum Gasteiger partial charge on any atom is -0.530 e. The van der Waals surface area contributed by atoms with Gasteiger partial charge in [-0.25, -0.2) is 4.68 Å². The number of carbonyl (C=O) groups excluding carboxylic acids is 1. The van der Waals surface area contributed by atoms with Gasteiger partial charge in [-0.2, -0.15) is 10.2 Å². The second kappa shape index (κ2) is 8.52. The van der Waals surface area contributed by atoms with Crippen LogP contribution in [0.3, 0.4) is 0 Å². The summed E-state index contributed by atoms with van der Waals surface area (Å²) in [5.74, 6) is 0. The number of carbonyl (C=O) groups is 1. The molecule has 0 aliphatic carbocycles. The van der Waals surface area contributed by atoms with Gasteiger partial charge in [-0.1, -0.05) is 12.1 Å². The first kappa shape index (κ1) is 18.7. The quantitative estimate of drug-likeness (QED) is 0.446. The molecule has 0 bridgehead atoms. The van der Waals surface area contributed by atoms with Crippen LogP contribution in [0.1, 0.15) is 11.3 Å². The van der Waals surface area contributed by atoms with Crippen molar-refractivity contribution in [1.29, 1.82) is 5.53 Å². The molecule has 0 saturated heterocycles. The molecule has 3 rings (SSSR count). The summed E-state index contributed by atoms with van der Waals surface area (Å²) in [6.45, 7) is 0.803. The van der Waals surface area contributed by atoms with Gasteiger partial charge in [-0.05, 0) is 17.7 Å². The topological polar surface area (TPSA) is 155 Å². The highest BCUT2D eigenvalue weighted by molar-refractivity contribution is 5.81. The minimum absolute atomic E-state index is 0.224. The van der Waals surface area contributed by atoms with E-state index in [1.54, 1.807) is 47.5 Å². The van der Waals surface area contributed by atoms with Crippen LogP contribution in [-0.4, -0.2) is 32.2 Å². The summed E-state index contributed by atoms with van der Waals surface area (Å²) >= 11 is 0. The van der Waals surface area contributed by atoms with E-state index < -0.39 is 6.09 Å². The van der Waals surface area contributed by atoms with Crippen LogP contribution >= 0.6 is 0 Å². The molecule has 142 valence electrons. The first-order valence-corrected chi connectivity index (χ1v) is 8.27. The van der Waals surface area contributed by atoms with Crippen molar-refractivity contribution >= 4 is 11.8 Å². The van der Waals surface area contributed by atoms with E-state index in [0.717, 1.165) is 5.56 Å². The van der Waals surface area contributed by atoms with Crippen molar-refractivity contribution in [3.63, 3.8) is 0 Å². The van der Waals surface area contributed by atoms with Crippen molar-refractivity contribution < 1.29 is 9.90 Å². The largest absolute Gasteiger partial charge is 0.530 e. The molecule has 0 aliphatic heterocycles. The van der Waals surface area contributed by atoms with E-state index in [2.05, 4.69) is 25.5 Å². The average molecular weight is 380 g/mol. The smallest absolute Gasteiger partial charge is 0.214 e. The Morgan fingerprint density at radius 1 is 1.36 bits per heavy atom. The third-order valence-electron chi connectivity index (χ3n) is 3.81. The zero-order valence-electron chi connectivity index (χ0n) is 14.6. The fourth-order valence-electron chi connectivity index (χ4n) is 2.57. The molecule has 0 atom stereocenters. The summed E-state index contributed by atoms with van der Waals surface area (Å²) in [7, 11) is 0. The van der Waals surface area contributed by atoms with Crippen LogP contribution in [0, 0.1) is 5.53 Å². The third kappa shape index (κ3) is 4.74. The van der Waals surface area contributed by atoms with Gasteiger partial charge in [-0.15, -0.1) is 0 Å². The van der Waals surface area contributed by atoms with Gasteiger partial charge < -0.3 is 15.2 Å². The maximum absolute atomic E-state index is 12.2. The summed E-state index contributed by atoms with van der Waals surface area (Å²) in [5.41, 5.74) is 8.48. The van der Waals surface area contributed by atoms with Crippen molar-refractivity contribution in [2.24, 2.45) is 5.11 Å². The van der Waals surface area contributed by atoms with E-state index in [1.165, 1.54) is 10.7 Å². The molecular weight excluding hydrogens is 364 g/mol. The van der Waals surface area contributed by atoms with Gasteiger partial charge in [0.25, 0.3) is 0 Å². The Labute approximate surface area is 158 Å². The number of nitrogens with zero attached hydrogens (tertiary/aromatic N) is 6. The predicted molar refractivity (Wildman–Crippen MR) is 96.0 cm³/mol. The normalized spacial score (nSPS) is 10.3. The highest BCUT2D eigenvalue weighted by Crippen LogP contribution is 2.13. The molecule has 28 heavy (non-hydrogen) atoms. The van der Waals surface area contributed by atoms with Gasteiger partial charge >= 0.3 is 0 Å². The van der Waals surface area contributed by atoms with E-state index in [0.29, 0.717) is 30.2 Å². The number of amides is 1. The fraction of sp³-hybridized carbons (Fsp3) is 0.176. The van der Waals surface area contributed by atoms with Gasteiger partial charge in [0.05, 0.1) is 18.9 Å². The number of anilines is 1. The molecule has 0 unspecified atom stereocenters. The predicted octanol–water partition coefficient (Wildman–Crippen LogP) is 0.325. The lowest BCUT2D eigenvalue weighted by molar-refractivity contribution is -0.242. The lowest BCUT2D eigenvalue weighted by Gasteiger charge is -2.09. The average Bonchev–Trinajstić information content (AvgIpc) is 3.12. The summed E-state index contributed by atoms with van der Waals surface area (Å²) in [5, 5.41) is 25.0. The number of nitrogens with one attached hydrogen (secondary N) is 2. The SMILES string of the molecule is N=[N+]=NCCn1cc(-n2ccc(=O)c(Cc3cccc(NC(=O)[O-])c3)n2)cn1. The Bertz CT molecular complexity index is 1100. The second-order valence-electron chi connectivity index (χ2n) is 5.79. The maximum Gasteiger partial charge on any atom is 0.214 e. The van der Waals surface area contributed by atoms with E-state index in [-0.39, 0.29) is 11.8 Å². The lowest BCUT2D eigenvalue weighted by Crippen LogP contribution is -2.28. The van der Waals surface area contributed by atoms with Crippen LogP contribution in [0.5, 0.6) is 0 Å². The van der Waals surface area contributed by atoms with E-state index in [4.69, 9.17) is 5.53 Å². The Hall–Kier alpha value is -4.11. The molecule has 11 heteroatoms. The highest BCUT2D eigenvalue weighted by atomic mass is 16.4. The molecule has 2 N–H and O–H groups in total. The Kier molecular flexibility index (Phi) is 5.68. The maximum atomic E-state index is 12.2. The summed E-state index contributed by atoms with van der Waals surface area (Å²) in [6, 6.07) is 8.08. The number of hydrogen-bond donors (Lipinski definition) is 2. The fourth-order valence-corrected chi connectivity index (χ4v) is 2.57. The molecular formula is C17H16N8O3. The Morgan fingerprint density at radius 2 is 2.21 bits per heavy atom. The number of hydrogen-bond acceptors (Lipinski definition) is 7. The summed E-state index contributed by atoms with van der Waals surface area (Å²) < 4.78 is 3.17. The zero-order valence-corrected chi connectivity index (χ0v) is 14.6. The van der Waals surface area contributed by atoms with Crippen LogP contribution in [0.2, 0.25) is 0 Å². The first-order chi connectivity index (χ1) is 13.5. The minimum atomic E-state index is -1.40. The molecule has 0 fully saturated rings. The van der Waals surface area contributed by atoms with E-state index in [9.17, 15) is 14.7 Å². The molecule has 1 aromatic carbocycles. The standard InChI is InChI=1S/C17H16N8O3/c18-23-19-5-7-24-11-14(10-20-24)25-6-4-16(26)15(22-25)9-12-2-1-3-13(8-12)21-17(27)28/h1-4,6,8,10-11,18,21H,5,7,9H2.